The molecular weight excluding hydrogens is 821 g/mol. The van der Waals surface area contributed by atoms with E-state index in [2.05, 4.69) is 156 Å². The van der Waals surface area contributed by atoms with Crippen molar-refractivity contribution in [1.82, 2.24) is 9.97 Å². The van der Waals surface area contributed by atoms with E-state index in [-0.39, 0.29) is 25.5 Å². The number of thiophene rings is 1. The second-order valence-corrected chi connectivity index (χ2v) is 21.5. The van der Waals surface area contributed by atoms with Crippen LogP contribution in [-0.4, -0.2) is 18.0 Å². The van der Waals surface area contributed by atoms with Gasteiger partial charge in [-0.15, -0.1) is 59.7 Å². The van der Waals surface area contributed by atoms with Crippen LogP contribution in [0.2, 0.25) is 19.6 Å². The molecule has 0 fully saturated rings. The van der Waals surface area contributed by atoms with Gasteiger partial charge in [0.1, 0.15) is 0 Å². The fourth-order valence-corrected chi connectivity index (χ4v) is 9.22. The molecule has 0 aliphatic heterocycles. The molecule has 0 aliphatic rings. The molecule has 1 radical (unpaired) electrons. The van der Waals surface area contributed by atoms with Crippen LogP contribution in [0.4, 0.5) is 0 Å². The predicted molar refractivity (Wildman–Crippen MR) is 216 cm³/mol. The number of hydrogen-bond acceptors (Lipinski definition) is 3. The average molecular weight is 867 g/mol. The first kappa shape index (κ1) is 37.5. The summed E-state index contributed by atoms with van der Waals surface area (Å²) in [6.07, 6.45) is 5.06. The number of benzene rings is 4. The van der Waals surface area contributed by atoms with Gasteiger partial charge in [-0.2, -0.15) is 11.3 Å². The van der Waals surface area contributed by atoms with Crippen molar-refractivity contribution in [3.63, 3.8) is 0 Å². The standard InChI is InChI=1S/C28H24NS.C17H22NSi.Ir/c1-28(2,3)18-19-14-15-29-25(16-19)23-11-7-10-22-24-17-21(20-8-5-4-6-9-20)12-13-26(24)30-27(22)23;1-13(2)15-11-16(14-9-7-6-8-10-14)18-12-17(15)19(3,4)5;/h4-10,12-17H,18H2,1-3H3;6-9,11-13H,1-5H3;/q2*-1;. The van der Waals surface area contributed by atoms with Crippen molar-refractivity contribution in [2.45, 2.75) is 66.6 Å². The van der Waals surface area contributed by atoms with Crippen LogP contribution in [0.1, 0.15) is 51.7 Å². The molecule has 2 nitrogen and oxygen atoms in total. The molecule has 7 aromatic rings. The van der Waals surface area contributed by atoms with Crippen molar-refractivity contribution in [1.29, 1.82) is 0 Å². The van der Waals surface area contributed by atoms with E-state index in [1.807, 2.05) is 41.8 Å². The average Bonchev–Trinajstić information content (AvgIpc) is 3.46. The first-order chi connectivity index (χ1) is 23.4. The monoisotopic (exact) mass is 867 g/mol. The minimum absolute atomic E-state index is 0. The molecule has 5 heteroatoms. The van der Waals surface area contributed by atoms with Crippen LogP contribution in [0.3, 0.4) is 0 Å². The zero-order valence-corrected chi connectivity index (χ0v) is 34.6. The summed E-state index contributed by atoms with van der Waals surface area (Å²) in [6.45, 7) is 18.5. The summed E-state index contributed by atoms with van der Waals surface area (Å²) < 4.78 is 2.56. The largest absolute Gasteiger partial charge is 0.305 e. The quantitative estimate of drug-likeness (QED) is 0.123. The van der Waals surface area contributed by atoms with Crippen LogP contribution in [0, 0.1) is 17.5 Å². The third-order valence-electron chi connectivity index (χ3n) is 8.70. The van der Waals surface area contributed by atoms with Crippen LogP contribution in [0.15, 0.2) is 116 Å². The minimum Gasteiger partial charge on any atom is -0.305 e. The SMILES string of the molecule is CC(C)(C)Cc1ccnc(-c2[c-]ccc3c2sc2ccc(-c4ccccc4)cc23)c1.CC(C)c1cc(-c2[c-]cccc2)ncc1[Si](C)(C)C.[Ir]. The van der Waals surface area contributed by atoms with E-state index in [4.69, 9.17) is 4.98 Å². The summed E-state index contributed by atoms with van der Waals surface area (Å²) in [5.74, 6) is 0.534. The van der Waals surface area contributed by atoms with Gasteiger partial charge in [0.25, 0.3) is 0 Å². The number of nitrogens with zero attached hydrogens (tertiary/aromatic N) is 2. The van der Waals surface area contributed by atoms with Gasteiger partial charge in [-0.05, 0) is 73.7 Å². The third kappa shape index (κ3) is 8.76. The van der Waals surface area contributed by atoms with E-state index >= 15 is 0 Å². The minimum atomic E-state index is -1.34. The Hall–Kier alpha value is -3.73. The van der Waals surface area contributed by atoms with Crippen LogP contribution >= 0.6 is 11.3 Å². The molecule has 50 heavy (non-hydrogen) atoms. The number of fused-ring (bicyclic) bond motifs is 3. The van der Waals surface area contributed by atoms with Crippen molar-refractivity contribution in [2.75, 3.05) is 0 Å². The molecule has 0 N–H and O–H groups in total. The fraction of sp³-hybridized carbons (Fsp3) is 0.244. The summed E-state index contributed by atoms with van der Waals surface area (Å²) >= 11 is 1.83. The number of hydrogen-bond donors (Lipinski definition) is 0. The summed E-state index contributed by atoms with van der Waals surface area (Å²) in [6, 6.07) is 43.0. The maximum absolute atomic E-state index is 4.70. The molecule has 0 saturated carbocycles. The summed E-state index contributed by atoms with van der Waals surface area (Å²) in [5, 5.41) is 4.06. The number of pyridine rings is 2. The smallest absolute Gasteiger partial charge is 0.0799 e. The van der Waals surface area contributed by atoms with E-state index in [1.54, 1.807) is 0 Å². The summed E-state index contributed by atoms with van der Waals surface area (Å²) in [4.78, 5) is 9.36. The molecule has 257 valence electrons. The molecule has 0 aliphatic carbocycles. The second-order valence-electron chi connectivity index (χ2n) is 15.4. The van der Waals surface area contributed by atoms with Crippen LogP contribution < -0.4 is 5.19 Å². The first-order valence-corrected chi connectivity index (χ1v) is 21.5. The molecule has 0 atom stereocenters. The zero-order valence-electron chi connectivity index (χ0n) is 30.4. The van der Waals surface area contributed by atoms with Crippen LogP contribution in [0.5, 0.6) is 0 Å². The third-order valence-corrected chi connectivity index (χ3v) is 11.9. The van der Waals surface area contributed by atoms with E-state index < -0.39 is 8.07 Å². The molecule has 3 heterocycles. The molecule has 0 amide bonds. The Balaban J connectivity index is 0.000000211. The molecule has 4 aromatic carbocycles. The fourth-order valence-electron chi connectivity index (χ4n) is 6.35. The number of rotatable bonds is 6. The van der Waals surface area contributed by atoms with Gasteiger partial charge in [0.15, 0.2) is 0 Å². The van der Waals surface area contributed by atoms with Crippen molar-refractivity contribution in [3.8, 4) is 33.6 Å². The Morgan fingerprint density at radius 1 is 0.740 bits per heavy atom. The number of aromatic nitrogens is 2. The summed E-state index contributed by atoms with van der Waals surface area (Å²) in [5.41, 5.74) is 9.74. The maximum Gasteiger partial charge on any atom is 0.0799 e. The Morgan fingerprint density at radius 3 is 2.18 bits per heavy atom. The molecule has 7 rings (SSSR count). The van der Waals surface area contributed by atoms with E-state index in [0.29, 0.717) is 5.92 Å². The Labute approximate surface area is 317 Å². The molecule has 0 saturated heterocycles. The normalized spacial score (nSPS) is 11.7. The molecule has 3 aromatic heterocycles. The van der Waals surface area contributed by atoms with Crippen molar-refractivity contribution >= 4 is 44.8 Å². The topological polar surface area (TPSA) is 25.8 Å². The molecular formula is C45H46IrN2SSi-2. The van der Waals surface area contributed by atoms with E-state index in [9.17, 15) is 0 Å². The molecule has 0 unspecified atom stereocenters. The van der Waals surface area contributed by atoms with Crippen molar-refractivity contribution in [2.24, 2.45) is 5.41 Å². The predicted octanol–water partition coefficient (Wildman–Crippen LogP) is 12.4. The van der Waals surface area contributed by atoms with Gasteiger partial charge in [-0.3, -0.25) is 0 Å². The van der Waals surface area contributed by atoms with Gasteiger partial charge in [-0.25, -0.2) is 0 Å². The van der Waals surface area contributed by atoms with Gasteiger partial charge in [0.2, 0.25) is 0 Å². The van der Waals surface area contributed by atoms with Gasteiger partial charge in [0.05, 0.1) is 8.07 Å². The summed E-state index contributed by atoms with van der Waals surface area (Å²) in [7, 11) is -1.34. The van der Waals surface area contributed by atoms with Crippen molar-refractivity contribution in [3.05, 3.63) is 139 Å². The van der Waals surface area contributed by atoms with Crippen molar-refractivity contribution < 1.29 is 20.1 Å². The van der Waals surface area contributed by atoms with Crippen LogP contribution in [0.25, 0.3) is 53.8 Å². The van der Waals surface area contributed by atoms with Gasteiger partial charge in [-0.1, -0.05) is 119 Å². The Bertz CT molecular complexity index is 2190. The van der Waals surface area contributed by atoms with Crippen LogP contribution in [-0.2, 0) is 26.5 Å². The van der Waals surface area contributed by atoms with Gasteiger partial charge >= 0.3 is 0 Å². The molecule has 0 bridgehead atoms. The van der Waals surface area contributed by atoms with E-state index in [1.165, 1.54) is 47.6 Å². The first-order valence-electron chi connectivity index (χ1n) is 17.2. The van der Waals surface area contributed by atoms with Gasteiger partial charge < -0.3 is 9.97 Å². The second kappa shape index (κ2) is 15.7. The molecule has 0 spiro atoms. The van der Waals surface area contributed by atoms with Gasteiger partial charge in [0, 0.05) is 37.2 Å². The maximum atomic E-state index is 4.70. The van der Waals surface area contributed by atoms with E-state index in [0.717, 1.165) is 28.9 Å². The Morgan fingerprint density at radius 2 is 1.50 bits per heavy atom. The zero-order chi connectivity index (χ0) is 34.8. The Kier molecular flexibility index (Phi) is 11.7.